The summed E-state index contributed by atoms with van der Waals surface area (Å²) in [7, 11) is 3.15. The van der Waals surface area contributed by atoms with Crippen molar-refractivity contribution in [3.63, 3.8) is 0 Å². The molecule has 23 heavy (non-hydrogen) atoms. The topological polar surface area (TPSA) is 76.8 Å². The van der Waals surface area contributed by atoms with Crippen LogP contribution in [0.15, 0.2) is 28.8 Å². The van der Waals surface area contributed by atoms with Gasteiger partial charge in [0.2, 0.25) is 0 Å². The van der Waals surface area contributed by atoms with Gasteiger partial charge < -0.3 is 24.2 Å². The zero-order chi connectivity index (χ0) is 16.2. The molecule has 2 aromatic rings. The maximum atomic E-state index is 12.4. The van der Waals surface area contributed by atoms with Gasteiger partial charge in [0.1, 0.15) is 0 Å². The van der Waals surface area contributed by atoms with Crippen LogP contribution >= 0.6 is 0 Å². The highest BCUT2D eigenvalue weighted by molar-refractivity contribution is 5.93. The van der Waals surface area contributed by atoms with Gasteiger partial charge in [0, 0.05) is 37.8 Å². The second-order valence-electron chi connectivity index (χ2n) is 5.19. The van der Waals surface area contributed by atoms with Gasteiger partial charge in [-0.15, -0.1) is 0 Å². The summed E-state index contributed by atoms with van der Waals surface area (Å²) in [6.07, 6.45) is 0. The fourth-order valence-corrected chi connectivity index (χ4v) is 2.53. The molecule has 0 aliphatic carbocycles. The number of benzene rings is 1. The largest absolute Gasteiger partial charge is 0.493 e. The molecule has 1 aromatic heterocycles. The molecular formula is C16H19N3O4. The van der Waals surface area contributed by atoms with E-state index in [-0.39, 0.29) is 5.91 Å². The second-order valence-corrected chi connectivity index (χ2v) is 5.19. The number of ether oxygens (including phenoxy) is 2. The molecule has 1 amide bonds. The van der Waals surface area contributed by atoms with Gasteiger partial charge in [-0.3, -0.25) is 4.79 Å². The molecule has 1 aromatic carbocycles. The summed E-state index contributed by atoms with van der Waals surface area (Å²) in [5.41, 5.74) is 1.09. The van der Waals surface area contributed by atoms with Gasteiger partial charge in [-0.05, 0) is 18.2 Å². The molecule has 122 valence electrons. The van der Waals surface area contributed by atoms with Gasteiger partial charge in [-0.2, -0.15) is 0 Å². The lowest BCUT2D eigenvalue weighted by Crippen LogP contribution is -2.46. The number of carbonyl (C=O) groups excluding carboxylic acids is 1. The SMILES string of the molecule is COc1ccc(-c2cc(C(=O)N3CCNCC3)no2)cc1OC. The van der Waals surface area contributed by atoms with Crippen LogP contribution in [0.1, 0.15) is 10.5 Å². The molecule has 2 heterocycles. The van der Waals surface area contributed by atoms with E-state index in [1.165, 1.54) is 0 Å². The third-order valence-electron chi connectivity index (χ3n) is 3.80. The number of hydrogen-bond acceptors (Lipinski definition) is 6. The van der Waals surface area contributed by atoms with E-state index in [9.17, 15) is 4.79 Å². The summed E-state index contributed by atoms with van der Waals surface area (Å²) in [6.45, 7) is 2.95. The molecule has 1 saturated heterocycles. The number of nitrogens with one attached hydrogen (secondary N) is 1. The van der Waals surface area contributed by atoms with E-state index in [1.54, 1.807) is 37.3 Å². The van der Waals surface area contributed by atoms with E-state index in [1.807, 2.05) is 6.07 Å². The van der Waals surface area contributed by atoms with E-state index in [2.05, 4.69) is 10.5 Å². The zero-order valence-corrected chi connectivity index (χ0v) is 13.2. The third-order valence-corrected chi connectivity index (χ3v) is 3.80. The molecule has 7 heteroatoms. The highest BCUT2D eigenvalue weighted by atomic mass is 16.5. The van der Waals surface area contributed by atoms with Crippen LogP contribution in [0.2, 0.25) is 0 Å². The lowest BCUT2D eigenvalue weighted by atomic mass is 10.1. The van der Waals surface area contributed by atoms with Crippen LogP contribution < -0.4 is 14.8 Å². The maximum absolute atomic E-state index is 12.4. The van der Waals surface area contributed by atoms with Crippen LogP contribution in [-0.4, -0.2) is 56.4 Å². The van der Waals surface area contributed by atoms with Crippen molar-refractivity contribution in [1.82, 2.24) is 15.4 Å². The van der Waals surface area contributed by atoms with Crippen molar-refractivity contribution in [2.75, 3.05) is 40.4 Å². The van der Waals surface area contributed by atoms with Crippen LogP contribution in [0.5, 0.6) is 11.5 Å². The number of amides is 1. The molecule has 0 saturated carbocycles. The lowest BCUT2D eigenvalue weighted by molar-refractivity contribution is 0.0725. The molecule has 0 radical (unpaired) electrons. The second kappa shape index (κ2) is 6.70. The third kappa shape index (κ3) is 3.14. The highest BCUT2D eigenvalue weighted by Crippen LogP contribution is 2.32. The fourth-order valence-electron chi connectivity index (χ4n) is 2.53. The molecule has 1 fully saturated rings. The first-order chi connectivity index (χ1) is 11.2. The van der Waals surface area contributed by atoms with E-state index < -0.39 is 0 Å². The summed E-state index contributed by atoms with van der Waals surface area (Å²) in [5.74, 6) is 1.63. The summed E-state index contributed by atoms with van der Waals surface area (Å²) in [4.78, 5) is 14.2. The predicted octanol–water partition coefficient (Wildman–Crippen LogP) is 1.40. The molecule has 3 rings (SSSR count). The number of hydrogen-bond donors (Lipinski definition) is 1. The molecule has 0 spiro atoms. The summed E-state index contributed by atoms with van der Waals surface area (Å²) >= 11 is 0. The average Bonchev–Trinajstić information content (AvgIpc) is 3.11. The molecule has 1 aliphatic heterocycles. The Kier molecular flexibility index (Phi) is 4.47. The van der Waals surface area contributed by atoms with Gasteiger partial charge in [0.25, 0.3) is 5.91 Å². The first-order valence-electron chi connectivity index (χ1n) is 7.42. The molecule has 1 aliphatic rings. The maximum Gasteiger partial charge on any atom is 0.276 e. The van der Waals surface area contributed by atoms with Crippen LogP contribution in [0.3, 0.4) is 0 Å². The summed E-state index contributed by atoms with van der Waals surface area (Å²) in [5, 5.41) is 7.12. The first-order valence-corrected chi connectivity index (χ1v) is 7.42. The number of rotatable bonds is 4. The highest BCUT2D eigenvalue weighted by Gasteiger charge is 2.22. The number of carbonyl (C=O) groups is 1. The molecule has 0 bridgehead atoms. The molecular weight excluding hydrogens is 298 g/mol. The number of methoxy groups -OCH3 is 2. The smallest absolute Gasteiger partial charge is 0.276 e. The minimum absolute atomic E-state index is 0.109. The Labute approximate surface area is 134 Å². The standard InChI is InChI=1S/C16H19N3O4/c1-21-13-4-3-11(9-15(13)22-2)14-10-12(18-23-14)16(20)19-7-5-17-6-8-19/h3-4,9-10,17H,5-8H2,1-2H3. The zero-order valence-electron chi connectivity index (χ0n) is 13.2. The van der Waals surface area contributed by atoms with Crippen molar-refractivity contribution in [2.45, 2.75) is 0 Å². The van der Waals surface area contributed by atoms with E-state index in [0.717, 1.165) is 18.7 Å². The Bertz CT molecular complexity index is 692. The van der Waals surface area contributed by atoms with Crippen molar-refractivity contribution in [3.8, 4) is 22.8 Å². The predicted molar refractivity (Wildman–Crippen MR) is 83.8 cm³/mol. The Morgan fingerprint density at radius 1 is 1.17 bits per heavy atom. The Balaban J connectivity index is 1.82. The molecule has 0 unspecified atom stereocenters. The van der Waals surface area contributed by atoms with Gasteiger partial charge in [-0.25, -0.2) is 0 Å². The fraction of sp³-hybridized carbons (Fsp3) is 0.375. The Morgan fingerprint density at radius 2 is 1.91 bits per heavy atom. The van der Waals surface area contributed by atoms with Gasteiger partial charge >= 0.3 is 0 Å². The molecule has 0 atom stereocenters. The minimum Gasteiger partial charge on any atom is -0.493 e. The van der Waals surface area contributed by atoms with Crippen LogP contribution in [0.4, 0.5) is 0 Å². The lowest BCUT2D eigenvalue weighted by Gasteiger charge is -2.26. The van der Waals surface area contributed by atoms with Crippen LogP contribution in [-0.2, 0) is 0 Å². The van der Waals surface area contributed by atoms with Crippen molar-refractivity contribution in [1.29, 1.82) is 0 Å². The molecule has 7 nitrogen and oxygen atoms in total. The van der Waals surface area contributed by atoms with Crippen molar-refractivity contribution < 1.29 is 18.8 Å². The molecule has 1 N–H and O–H groups in total. The van der Waals surface area contributed by atoms with Crippen molar-refractivity contribution in [3.05, 3.63) is 30.0 Å². The van der Waals surface area contributed by atoms with E-state index in [4.69, 9.17) is 14.0 Å². The van der Waals surface area contributed by atoms with E-state index in [0.29, 0.717) is 36.0 Å². The van der Waals surface area contributed by atoms with Gasteiger partial charge in [0.15, 0.2) is 23.0 Å². The van der Waals surface area contributed by atoms with Crippen LogP contribution in [0.25, 0.3) is 11.3 Å². The number of nitrogens with zero attached hydrogens (tertiary/aromatic N) is 2. The summed E-state index contributed by atoms with van der Waals surface area (Å²) in [6, 6.07) is 7.07. The van der Waals surface area contributed by atoms with Crippen molar-refractivity contribution in [2.24, 2.45) is 0 Å². The first kappa shape index (κ1) is 15.4. The summed E-state index contributed by atoms with van der Waals surface area (Å²) < 4.78 is 15.8. The normalized spacial score (nSPS) is 14.6. The van der Waals surface area contributed by atoms with Gasteiger partial charge in [0.05, 0.1) is 14.2 Å². The van der Waals surface area contributed by atoms with Crippen molar-refractivity contribution >= 4 is 5.91 Å². The quantitative estimate of drug-likeness (QED) is 0.918. The monoisotopic (exact) mass is 317 g/mol. The average molecular weight is 317 g/mol. The van der Waals surface area contributed by atoms with Gasteiger partial charge in [-0.1, -0.05) is 5.16 Å². The Hall–Kier alpha value is -2.54. The minimum atomic E-state index is -0.109. The Morgan fingerprint density at radius 3 is 2.61 bits per heavy atom. The van der Waals surface area contributed by atoms with Crippen LogP contribution in [0, 0.1) is 0 Å². The number of aromatic nitrogens is 1. The van der Waals surface area contributed by atoms with E-state index >= 15 is 0 Å². The number of piperazine rings is 1.